The first-order valence-corrected chi connectivity index (χ1v) is 9.96. The van der Waals surface area contributed by atoms with E-state index in [0.29, 0.717) is 57.5 Å². The molecule has 0 N–H and O–H groups in total. The summed E-state index contributed by atoms with van der Waals surface area (Å²) >= 11 is 0. The molecule has 28 heavy (non-hydrogen) atoms. The second kappa shape index (κ2) is 7.11. The minimum atomic E-state index is -0.538. The molecular weight excluding hydrogens is 358 g/mol. The zero-order valence-electron chi connectivity index (χ0n) is 16.5. The van der Waals surface area contributed by atoms with Gasteiger partial charge in [-0.25, -0.2) is 4.79 Å². The number of hydrogen-bond donors (Lipinski definition) is 0. The van der Waals surface area contributed by atoms with E-state index < -0.39 is 5.60 Å². The average Bonchev–Trinajstić information content (AvgIpc) is 3.23. The Balaban J connectivity index is 1.31. The van der Waals surface area contributed by atoms with Crippen LogP contribution in [-0.4, -0.2) is 78.0 Å². The molecule has 7 nitrogen and oxygen atoms in total. The van der Waals surface area contributed by atoms with E-state index in [1.165, 1.54) is 0 Å². The number of carbonyl (C=O) groups is 3. The molecule has 3 fully saturated rings. The first-order valence-electron chi connectivity index (χ1n) is 9.96. The molecule has 1 aromatic rings. The molecule has 0 saturated carbocycles. The molecule has 1 spiro atoms. The maximum absolute atomic E-state index is 13.0. The Hall–Kier alpha value is -2.57. The fraction of sp³-hybridized carbons (Fsp3) is 0.571. The van der Waals surface area contributed by atoms with Gasteiger partial charge in [0.25, 0.3) is 5.91 Å². The molecule has 3 heterocycles. The van der Waals surface area contributed by atoms with Crippen LogP contribution >= 0.6 is 0 Å². The molecular formula is C21H27N3O4. The molecule has 0 radical (unpaired) electrons. The van der Waals surface area contributed by atoms with Gasteiger partial charge in [0.1, 0.15) is 0 Å². The van der Waals surface area contributed by atoms with Crippen LogP contribution in [0.5, 0.6) is 0 Å². The minimum Gasteiger partial charge on any atom is -0.439 e. The predicted octanol–water partition coefficient (Wildman–Crippen LogP) is 1.90. The smallest absolute Gasteiger partial charge is 0.410 e. The summed E-state index contributed by atoms with van der Waals surface area (Å²) in [6, 6.07) is 7.61. The summed E-state index contributed by atoms with van der Waals surface area (Å²) in [4.78, 5) is 42.6. The standard InChI is InChI=1S/C21H27N3O4/c1-15-3-5-16(6-4-15)18(25)23-10-7-17(8-11-23)19(26)24-12-9-21(14-24)13-22(2)20(27)28-21/h3-6,17H,7-14H2,1-2H3/t21-/m0/s1. The fourth-order valence-electron chi connectivity index (χ4n) is 4.50. The summed E-state index contributed by atoms with van der Waals surface area (Å²) in [5, 5.41) is 0. The lowest BCUT2D eigenvalue weighted by atomic mass is 9.94. The van der Waals surface area contributed by atoms with Crippen LogP contribution in [-0.2, 0) is 9.53 Å². The van der Waals surface area contributed by atoms with Crippen LogP contribution in [0, 0.1) is 12.8 Å². The molecule has 1 aromatic carbocycles. The number of carbonyl (C=O) groups excluding carboxylic acids is 3. The van der Waals surface area contributed by atoms with Crippen molar-refractivity contribution in [3.05, 3.63) is 35.4 Å². The lowest BCUT2D eigenvalue weighted by Gasteiger charge is -2.33. The van der Waals surface area contributed by atoms with Gasteiger partial charge in [0.2, 0.25) is 5.91 Å². The maximum Gasteiger partial charge on any atom is 0.410 e. The molecule has 150 valence electrons. The Morgan fingerprint density at radius 3 is 2.32 bits per heavy atom. The largest absolute Gasteiger partial charge is 0.439 e. The third-order valence-corrected chi connectivity index (χ3v) is 6.20. The lowest BCUT2D eigenvalue weighted by molar-refractivity contribution is -0.136. The van der Waals surface area contributed by atoms with Gasteiger partial charge in [0.05, 0.1) is 13.1 Å². The van der Waals surface area contributed by atoms with Crippen molar-refractivity contribution in [2.24, 2.45) is 5.92 Å². The Morgan fingerprint density at radius 1 is 1.04 bits per heavy atom. The summed E-state index contributed by atoms with van der Waals surface area (Å²) in [5.41, 5.74) is 1.29. The Kier molecular flexibility index (Phi) is 4.77. The van der Waals surface area contributed by atoms with Gasteiger partial charge in [-0.2, -0.15) is 0 Å². The number of piperidine rings is 1. The second-order valence-electron chi connectivity index (χ2n) is 8.35. The first kappa shape index (κ1) is 18.8. The summed E-state index contributed by atoms with van der Waals surface area (Å²) in [6.45, 7) is 4.84. The quantitative estimate of drug-likeness (QED) is 0.780. The van der Waals surface area contributed by atoms with E-state index in [1.807, 2.05) is 41.0 Å². The highest BCUT2D eigenvalue weighted by atomic mass is 16.6. The third-order valence-electron chi connectivity index (χ3n) is 6.20. The van der Waals surface area contributed by atoms with E-state index in [0.717, 1.165) is 5.56 Å². The number of likely N-dealkylation sites (N-methyl/N-ethyl adjacent to an activating group) is 1. The molecule has 7 heteroatoms. The van der Waals surface area contributed by atoms with Crippen LogP contribution in [0.2, 0.25) is 0 Å². The van der Waals surface area contributed by atoms with E-state index in [-0.39, 0.29) is 23.8 Å². The molecule has 0 aromatic heterocycles. The monoisotopic (exact) mass is 385 g/mol. The number of hydrogen-bond acceptors (Lipinski definition) is 4. The normalized spacial score (nSPS) is 25.5. The van der Waals surface area contributed by atoms with E-state index in [2.05, 4.69) is 0 Å². The number of aryl methyl sites for hydroxylation is 1. The predicted molar refractivity (Wildman–Crippen MR) is 103 cm³/mol. The number of rotatable bonds is 2. The van der Waals surface area contributed by atoms with Crippen molar-refractivity contribution in [3.8, 4) is 0 Å². The highest BCUT2D eigenvalue weighted by Gasteiger charge is 2.50. The average molecular weight is 385 g/mol. The molecule has 3 aliphatic rings. The first-order chi connectivity index (χ1) is 13.4. The van der Waals surface area contributed by atoms with Gasteiger partial charge >= 0.3 is 6.09 Å². The van der Waals surface area contributed by atoms with Crippen LogP contribution in [0.15, 0.2) is 24.3 Å². The van der Waals surface area contributed by atoms with Gasteiger partial charge in [-0.05, 0) is 31.9 Å². The van der Waals surface area contributed by atoms with Crippen LogP contribution < -0.4 is 0 Å². The number of likely N-dealkylation sites (tertiary alicyclic amines) is 2. The van der Waals surface area contributed by atoms with Gasteiger partial charge in [0, 0.05) is 44.6 Å². The van der Waals surface area contributed by atoms with Crippen molar-refractivity contribution in [2.45, 2.75) is 31.8 Å². The Morgan fingerprint density at radius 2 is 1.71 bits per heavy atom. The molecule has 1 atom stereocenters. The SMILES string of the molecule is Cc1ccc(C(=O)N2CCC(C(=O)N3CC[C@]4(CN(C)C(=O)O4)C3)CC2)cc1. The zero-order valence-corrected chi connectivity index (χ0v) is 16.5. The van der Waals surface area contributed by atoms with Gasteiger partial charge in [-0.15, -0.1) is 0 Å². The van der Waals surface area contributed by atoms with Crippen molar-refractivity contribution in [3.63, 3.8) is 0 Å². The zero-order chi connectivity index (χ0) is 19.9. The van der Waals surface area contributed by atoms with E-state index >= 15 is 0 Å². The van der Waals surface area contributed by atoms with E-state index in [9.17, 15) is 14.4 Å². The molecule has 3 amide bonds. The topological polar surface area (TPSA) is 70.2 Å². The highest BCUT2D eigenvalue weighted by molar-refractivity contribution is 5.94. The van der Waals surface area contributed by atoms with Crippen molar-refractivity contribution in [2.75, 3.05) is 39.8 Å². The van der Waals surface area contributed by atoms with E-state index in [1.54, 1.807) is 11.9 Å². The summed E-state index contributed by atoms with van der Waals surface area (Å²) < 4.78 is 5.54. The van der Waals surface area contributed by atoms with Crippen LogP contribution in [0.1, 0.15) is 35.2 Å². The van der Waals surface area contributed by atoms with Crippen LogP contribution in [0.3, 0.4) is 0 Å². The van der Waals surface area contributed by atoms with Crippen molar-refractivity contribution in [1.29, 1.82) is 0 Å². The highest BCUT2D eigenvalue weighted by Crippen LogP contribution is 2.33. The van der Waals surface area contributed by atoms with Gasteiger partial charge < -0.3 is 19.4 Å². The number of nitrogens with zero attached hydrogens (tertiary/aromatic N) is 3. The molecule has 3 aliphatic heterocycles. The van der Waals surface area contributed by atoms with Gasteiger partial charge in [0.15, 0.2) is 5.60 Å². The van der Waals surface area contributed by atoms with Crippen LogP contribution in [0.4, 0.5) is 4.79 Å². The van der Waals surface area contributed by atoms with Crippen molar-refractivity contribution >= 4 is 17.9 Å². The fourth-order valence-corrected chi connectivity index (χ4v) is 4.50. The summed E-state index contributed by atoms with van der Waals surface area (Å²) in [6.07, 6.45) is 1.75. The number of benzene rings is 1. The number of amides is 3. The van der Waals surface area contributed by atoms with Gasteiger partial charge in [-0.3, -0.25) is 9.59 Å². The number of ether oxygens (including phenoxy) is 1. The van der Waals surface area contributed by atoms with Crippen molar-refractivity contribution in [1.82, 2.24) is 14.7 Å². The minimum absolute atomic E-state index is 0.0342. The van der Waals surface area contributed by atoms with Crippen LogP contribution in [0.25, 0.3) is 0 Å². The van der Waals surface area contributed by atoms with Crippen molar-refractivity contribution < 1.29 is 19.1 Å². The van der Waals surface area contributed by atoms with Gasteiger partial charge in [-0.1, -0.05) is 17.7 Å². The Labute approximate surface area is 165 Å². The Bertz CT molecular complexity index is 785. The molecule has 0 aliphatic carbocycles. The second-order valence-corrected chi connectivity index (χ2v) is 8.35. The molecule has 0 bridgehead atoms. The summed E-state index contributed by atoms with van der Waals surface area (Å²) in [7, 11) is 1.72. The molecule has 0 unspecified atom stereocenters. The maximum atomic E-state index is 13.0. The van der Waals surface area contributed by atoms with E-state index in [4.69, 9.17) is 4.74 Å². The lowest BCUT2D eigenvalue weighted by Crippen LogP contribution is -2.45. The third kappa shape index (κ3) is 3.45. The summed E-state index contributed by atoms with van der Waals surface area (Å²) in [5.74, 6) is 0.101. The molecule has 3 saturated heterocycles. The molecule has 4 rings (SSSR count).